The lowest BCUT2D eigenvalue weighted by molar-refractivity contribution is -0.129. The molecule has 0 saturated heterocycles. The minimum absolute atomic E-state index is 0.222. The van der Waals surface area contributed by atoms with Crippen molar-refractivity contribution in [2.75, 3.05) is 0 Å². The van der Waals surface area contributed by atoms with E-state index >= 15 is 0 Å². The van der Waals surface area contributed by atoms with Gasteiger partial charge in [0.1, 0.15) is 0 Å². The summed E-state index contributed by atoms with van der Waals surface area (Å²) >= 11 is 6.02. The van der Waals surface area contributed by atoms with Gasteiger partial charge >= 0.3 is 5.97 Å². The maximum absolute atomic E-state index is 12.0. The normalized spacial score (nSPS) is 11.2. The summed E-state index contributed by atoms with van der Waals surface area (Å²) in [5.41, 5.74) is 1.34. The molecular weight excluding hydrogens is 328 g/mol. The summed E-state index contributed by atoms with van der Waals surface area (Å²) in [6, 6.07) is 15.2. The van der Waals surface area contributed by atoms with Crippen LogP contribution in [0.3, 0.4) is 0 Å². The minimum atomic E-state index is -0.967. The third-order valence-corrected chi connectivity index (χ3v) is 3.66. The van der Waals surface area contributed by atoms with Crippen molar-refractivity contribution >= 4 is 23.5 Å². The van der Waals surface area contributed by atoms with Crippen molar-refractivity contribution in [3.8, 4) is 6.07 Å². The second-order valence-electron chi connectivity index (χ2n) is 5.05. The van der Waals surface area contributed by atoms with E-state index in [1.54, 1.807) is 30.3 Å². The highest BCUT2D eigenvalue weighted by Gasteiger charge is 2.19. The molecule has 0 fully saturated rings. The quantitative estimate of drug-likeness (QED) is 0.847. The number of hydrogen-bond donors (Lipinski definition) is 1. The first kappa shape index (κ1) is 17.5. The zero-order chi connectivity index (χ0) is 17.5. The Balaban J connectivity index is 1.92. The monoisotopic (exact) mass is 342 g/mol. The van der Waals surface area contributed by atoms with Crippen LogP contribution in [0.2, 0.25) is 5.02 Å². The first-order chi connectivity index (χ1) is 11.5. The Morgan fingerprint density at radius 2 is 2.00 bits per heavy atom. The number of carbonyl (C=O) groups excluding carboxylic acids is 2. The molecule has 0 aliphatic rings. The molecule has 2 rings (SSSR count). The van der Waals surface area contributed by atoms with Gasteiger partial charge in [0, 0.05) is 11.6 Å². The first-order valence-electron chi connectivity index (χ1n) is 7.23. The molecule has 6 heteroatoms. The molecule has 0 aliphatic carbocycles. The van der Waals surface area contributed by atoms with E-state index in [9.17, 15) is 9.59 Å². The number of amides is 1. The van der Waals surface area contributed by atoms with E-state index in [4.69, 9.17) is 21.6 Å². The highest BCUT2D eigenvalue weighted by atomic mass is 35.5. The van der Waals surface area contributed by atoms with Gasteiger partial charge < -0.3 is 10.1 Å². The Bertz CT molecular complexity index is 799. The van der Waals surface area contributed by atoms with Gasteiger partial charge in [-0.3, -0.25) is 4.79 Å². The van der Waals surface area contributed by atoms with Crippen molar-refractivity contribution in [2.45, 2.75) is 19.6 Å². The summed E-state index contributed by atoms with van der Waals surface area (Å²) in [4.78, 5) is 24.1. The molecule has 0 radical (unpaired) electrons. The fraction of sp³-hybridized carbons (Fsp3) is 0.167. The number of ether oxygens (including phenoxy) is 1. The fourth-order valence-corrected chi connectivity index (χ4v) is 2.17. The van der Waals surface area contributed by atoms with Crippen LogP contribution >= 0.6 is 11.6 Å². The van der Waals surface area contributed by atoms with E-state index < -0.39 is 18.0 Å². The molecule has 0 saturated carbocycles. The van der Waals surface area contributed by atoms with Gasteiger partial charge in [0.2, 0.25) is 0 Å². The number of benzene rings is 2. The van der Waals surface area contributed by atoms with E-state index in [1.807, 2.05) is 12.1 Å². The number of rotatable bonds is 5. The number of hydrogen-bond acceptors (Lipinski definition) is 4. The van der Waals surface area contributed by atoms with E-state index in [-0.39, 0.29) is 12.1 Å². The molecule has 24 heavy (non-hydrogen) atoms. The lowest BCUT2D eigenvalue weighted by Crippen LogP contribution is -2.35. The van der Waals surface area contributed by atoms with Crippen LogP contribution in [-0.4, -0.2) is 18.0 Å². The van der Waals surface area contributed by atoms with E-state index in [0.29, 0.717) is 10.6 Å². The Hall–Kier alpha value is -2.84. The van der Waals surface area contributed by atoms with Gasteiger partial charge in [-0.05, 0) is 36.8 Å². The molecule has 0 heterocycles. The smallest absolute Gasteiger partial charge is 0.338 e. The number of esters is 1. The van der Waals surface area contributed by atoms with Crippen LogP contribution in [-0.2, 0) is 16.1 Å². The maximum atomic E-state index is 12.0. The van der Waals surface area contributed by atoms with Gasteiger partial charge in [0.05, 0.1) is 17.2 Å². The maximum Gasteiger partial charge on any atom is 0.338 e. The summed E-state index contributed by atoms with van der Waals surface area (Å²) in [6.45, 7) is 1.72. The van der Waals surface area contributed by atoms with Crippen molar-refractivity contribution in [1.29, 1.82) is 5.26 Å². The molecule has 0 spiro atoms. The predicted molar refractivity (Wildman–Crippen MR) is 89.3 cm³/mol. The zero-order valence-corrected chi connectivity index (χ0v) is 13.7. The van der Waals surface area contributed by atoms with Gasteiger partial charge in [-0.1, -0.05) is 35.9 Å². The van der Waals surface area contributed by atoms with Crippen LogP contribution in [0.4, 0.5) is 0 Å². The highest BCUT2D eigenvalue weighted by molar-refractivity contribution is 6.31. The third kappa shape index (κ3) is 4.58. The average Bonchev–Trinajstić information content (AvgIpc) is 2.60. The van der Waals surface area contributed by atoms with Crippen molar-refractivity contribution in [1.82, 2.24) is 5.32 Å². The number of carbonyl (C=O) groups is 2. The summed E-state index contributed by atoms with van der Waals surface area (Å²) < 4.78 is 5.12. The van der Waals surface area contributed by atoms with Crippen LogP contribution in [0.15, 0.2) is 48.5 Å². The third-order valence-electron chi connectivity index (χ3n) is 3.29. The van der Waals surface area contributed by atoms with Crippen LogP contribution in [0.25, 0.3) is 0 Å². The second kappa shape index (κ2) is 8.14. The van der Waals surface area contributed by atoms with E-state index in [1.165, 1.54) is 19.1 Å². The van der Waals surface area contributed by atoms with Crippen LogP contribution in [0.5, 0.6) is 0 Å². The van der Waals surface area contributed by atoms with Gasteiger partial charge in [0.25, 0.3) is 5.91 Å². The van der Waals surface area contributed by atoms with E-state index in [2.05, 4.69) is 5.32 Å². The first-order valence-corrected chi connectivity index (χ1v) is 7.61. The zero-order valence-electron chi connectivity index (χ0n) is 13.0. The van der Waals surface area contributed by atoms with Gasteiger partial charge in [-0.25, -0.2) is 4.79 Å². The lowest BCUT2D eigenvalue weighted by Gasteiger charge is -2.14. The van der Waals surface area contributed by atoms with Crippen molar-refractivity contribution < 1.29 is 14.3 Å². The molecule has 1 unspecified atom stereocenters. The summed E-state index contributed by atoms with van der Waals surface area (Å²) in [7, 11) is 0. The molecule has 2 aromatic rings. The van der Waals surface area contributed by atoms with Crippen molar-refractivity contribution in [2.24, 2.45) is 0 Å². The Labute approximate surface area is 144 Å². The van der Waals surface area contributed by atoms with Crippen LogP contribution in [0.1, 0.15) is 28.4 Å². The topological polar surface area (TPSA) is 79.2 Å². The molecule has 0 aliphatic heterocycles. The molecule has 1 atom stereocenters. The van der Waals surface area contributed by atoms with Crippen molar-refractivity contribution in [3.63, 3.8) is 0 Å². The van der Waals surface area contributed by atoms with Crippen LogP contribution in [0, 0.1) is 11.3 Å². The lowest BCUT2D eigenvalue weighted by atomic mass is 10.1. The molecule has 0 aromatic heterocycles. The molecular formula is C18H15ClN2O3. The molecule has 5 nitrogen and oxygen atoms in total. The minimum Gasteiger partial charge on any atom is -0.449 e. The summed E-state index contributed by atoms with van der Waals surface area (Å²) in [5, 5.41) is 12.1. The number of halogens is 1. The molecule has 122 valence electrons. The van der Waals surface area contributed by atoms with Crippen LogP contribution < -0.4 is 5.32 Å². The molecule has 0 bridgehead atoms. The number of nitrogens with one attached hydrogen (secondary N) is 1. The highest BCUT2D eigenvalue weighted by Crippen LogP contribution is 2.14. The number of nitriles is 1. The van der Waals surface area contributed by atoms with Crippen molar-refractivity contribution in [3.05, 3.63) is 70.2 Å². The standard InChI is InChI=1S/C18H15ClN2O3/c1-12(17(22)21-11-15-6-2-3-8-16(15)19)24-18(23)14-7-4-5-13(9-14)10-20/h2-9,12H,11H2,1H3,(H,21,22). The molecule has 1 N–H and O–H groups in total. The van der Waals surface area contributed by atoms with Gasteiger partial charge in [0.15, 0.2) is 6.10 Å². The van der Waals surface area contributed by atoms with E-state index in [0.717, 1.165) is 5.56 Å². The SMILES string of the molecule is CC(OC(=O)c1cccc(C#N)c1)C(=O)NCc1ccccc1Cl. The average molecular weight is 343 g/mol. The Kier molecular flexibility index (Phi) is 5.94. The largest absolute Gasteiger partial charge is 0.449 e. The summed E-state index contributed by atoms with van der Waals surface area (Å²) in [6.07, 6.45) is -0.967. The van der Waals surface area contributed by atoms with Gasteiger partial charge in [-0.15, -0.1) is 0 Å². The number of nitrogens with zero attached hydrogens (tertiary/aromatic N) is 1. The molecule has 1 amide bonds. The Morgan fingerprint density at radius 1 is 1.25 bits per heavy atom. The fourth-order valence-electron chi connectivity index (χ4n) is 1.97. The molecule has 2 aromatic carbocycles. The summed E-state index contributed by atoms with van der Waals surface area (Å²) in [5.74, 6) is -1.09. The second-order valence-corrected chi connectivity index (χ2v) is 5.46. The predicted octanol–water partition coefficient (Wildman–Crippen LogP) is 3.07. The van der Waals surface area contributed by atoms with Gasteiger partial charge in [-0.2, -0.15) is 5.26 Å². The Morgan fingerprint density at radius 3 is 2.71 bits per heavy atom.